The number of anilines is 1. The molecule has 104 valence electrons. The Labute approximate surface area is 122 Å². The maximum atomic E-state index is 5.91. The van der Waals surface area contributed by atoms with Crippen molar-refractivity contribution >= 4 is 17.5 Å². The summed E-state index contributed by atoms with van der Waals surface area (Å²) >= 11 is 5.90. The molecule has 0 radical (unpaired) electrons. The van der Waals surface area contributed by atoms with E-state index in [1.54, 1.807) is 6.20 Å². The topological polar surface area (TPSA) is 67.9 Å². The molecular formula is C14H16ClN5. The zero-order valence-electron chi connectivity index (χ0n) is 11.0. The number of benzene rings is 1. The first-order valence-corrected chi connectivity index (χ1v) is 7.06. The zero-order chi connectivity index (χ0) is 13.9. The molecule has 0 saturated carbocycles. The highest BCUT2D eigenvalue weighted by atomic mass is 35.5. The summed E-state index contributed by atoms with van der Waals surface area (Å²) in [7, 11) is 0. The van der Waals surface area contributed by atoms with Gasteiger partial charge in [-0.3, -0.25) is 0 Å². The van der Waals surface area contributed by atoms with Gasteiger partial charge in [-0.1, -0.05) is 23.7 Å². The van der Waals surface area contributed by atoms with Gasteiger partial charge in [-0.25, -0.2) is 4.98 Å². The van der Waals surface area contributed by atoms with Crippen LogP contribution in [0.2, 0.25) is 5.02 Å². The maximum Gasteiger partial charge on any atom is 0.245 e. The lowest BCUT2D eigenvalue weighted by Crippen LogP contribution is -2.40. The highest BCUT2D eigenvalue weighted by Gasteiger charge is 2.19. The highest BCUT2D eigenvalue weighted by molar-refractivity contribution is 6.30. The molecule has 3 rings (SSSR count). The third-order valence-corrected chi connectivity index (χ3v) is 3.76. The summed E-state index contributed by atoms with van der Waals surface area (Å²) in [4.78, 5) is 6.72. The largest absolute Gasteiger partial charge is 0.339 e. The van der Waals surface area contributed by atoms with Gasteiger partial charge < -0.3 is 10.6 Å². The zero-order valence-corrected chi connectivity index (χ0v) is 11.8. The molecule has 0 bridgehead atoms. The lowest BCUT2D eigenvalue weighted by molar-refractivity contribution is 0.494. The number of halogens is 1. The normalized spacial score (nSPS) is 16.4. The molecule has 1 aromatic carbocycles. The Morgan fingerprint density at radius 3 is 2.55 bits per heavy atom. The van der Waals surface area contributed by atoms with Crippen LogP contribution in [0.4, 0.5) is 5.95 Å². The molecular weight excluding hydrogens is 274 g/mol. The molecule has 5 nitrogen and oxygen atoms in total. The minimum atomic E-state index is 0.290. The van der Waals surface area contributed by atoms with Crippen molar-refractivity contribution in [2.45, 2.75) is 18.9 Å². The van der Waals surface area contributed by atoms with Crippen LogP contribution in [0.5, 0.6) is 0 Å². The van der Waals surface area contributed by atoms with E-state index in [1.807, 2.05) is 24.3 Å². The van der Waals surface area contributed by atoms with Crippen LogP contribution in [-0.4, -0.2) is 34.3 Å². The minimum absolute atomic E-state index is 0.290. The van der Waals surface area contributed by atoms with Gasteiger partial charge in [0.25, 0.3) is 0 Å². The van der Waals surface area contributed by atoms with E-state index in [4.69, 9.17) is 17.3 Å². The van der Waals surface area contributed by atoms with Gasteiger partial charge in [0.1, 0.15) is 0 Å². The van der Waals surface area contributed by atoms with Crippen molar-refractivity contribution in [1.29, 1.82) is 0 Å². The van der Waals surface area contributed by atoms with E-state index >= 15 is 0 Å². The third kappa shape index (κ3) is 2.89. The average Bonchev–Trinajstić information content (AvgIpc) is 2.49. The van der Waals surface area contributed by atoms with Gasteiger partial charge in [-0.15, -0.1) is 5.10 Å². The molecule has 0 amide bonds. The van der Waals surface area contributed by atoms with Crippen molar-refractivity contribution < 1.29 is 0 Å². The first-order valence-electron chi connectivity index (χ1n) is 6.68. The van der Waals surface area contributed by atoms with Crippen molar-refractivity contribution in [3.63, 3.8) is 0 Å². The predicted octanol–water partition coefficient (Wildman–Crippen LogP) is 2.12. The first kappa shape index (κ1) is 13.3. The fourth-order valence-electron chi connectivity index (χ4n) is 2.29. The summed E-state index contributed by atoms with van der Waals surface area (Å²) < 4.78 is 0. The Balaban J connectivity index is 1.84. The van der Waals surface area contributed by atoms with E-state index in [0.29, 0.717) is 17.0 Å². The fourth-order valence-corrected chi connectivity index (χ4v) is 2.41. The summed E-state index contributed by atoms with van der Waals surface area (Å²) in [6, 6.07) is 7.85. The Hall–Kier alpha value is -1.72. The molecule has 0 spiro atoms. The Kier molecular flexibility index (Phi) is 3.80. The van der Waals surface area contributed by atoms with Crippen molar-refractivity contribution in [3.05, 3.63) is 35.5 Å². The standard InChI is InChI=1S/C14H16ClN5/c15-11-3-1-10(2-4-11)13-9-17-19-14(18-13)20-7-5-12(16)6-8-20/h1-4,9,12H,5-8,16H2. The van der Waals surface area contributed by atoms with Gasteiger partial charge in [0.05, 0.1) is 11.9 Å². The van der Waals surface area contributed by atoms with E-state index in [-0.39, 0.29) is 0 Å². The molecule has 0 atom stereocenters. The summed E-state index contributed by atoms with van der Waals surface area (Å²) in [5, 5.41) is 8.90. The monoisotopic (exact) mass is 289 g/mol. The molecule has 1 saturated heterocycles. The molecule has 0 aliphatic carbocycles. The number of rotatable bonds is 2. The molecule has 2 heterocycles. The van der Waals surface area contributed by atoms with Gasteiger partial charge in [-0.2, -0.15) is 5.10 Å². The van der Waals surface area contributed by atoms with Crippen LogP contribution >= 0.6 is 11.6 Å². The first-order chi connectivity index (χ1) is 9.72. The van der Waals surface area contributed by atoms with Gasteiger partial charge in [0, 0.05) is 29.7 Å². The van der Waals surface area contributed by atoms with Crippen LogP contribution in [-0.2, 0) is 0 Å². The summed E-state index contributed by atoms with van der Waals surface area (Å²) in [5.74, 6) is 0.671. The van der Waals surface area contributed by atoms with Crippen LogP contribution < -0.4 is 10.6 Å². The molecule has 6 heteroatoms. The summed E-state index contributed by atoms with van der Waals surface area (Å²) in [5.41, 5.74) is 7.71. The van der Waals surface area contributed by atoms with E-state index in [2.05, 4.69) is 20.1 Å². The lowest BCUT2D eigenvalue weighted by Gasteiger charge is -2.29. The highest BCUT2D eigenvalue weighted by Crippen LogP contribution is 2.21. The smallest absolute Gasteiger partial charge is 0.245 e. The second-order valence-electron chi connectivity index (χ2n) is 4.97. The molecule has 1 fully saturated rings. The molecule has 1 aromatic heterocycles. The van der Waals surface area contributed by atoms with Crippen LogP contribution in [0.3, 0.4) is 0 Å². The number of nitrogens with two attached hydrogens (primary N) is 1. The van der Waals surface area contributed by atoms with Gasteiger partial charge >= 0.3 is 0 Å². The quantitative estimate of drug-likeness (QED) is 0.917. The number of nitrogens with zero attached hydrogens (tertiary/aromatic N) is 4. The molecule has 0 unspecified atom stereocenters. The maximum absolute atomic E-state index is 5.91. The SMILES string of the molecule is NC1CCN(c2nncc(-c3ccc(Cl)cc3)n2)CC1. The second kappa shape index (κ2) is 5.73. The van der Waals surface area contributed by atoms with E-state index in [0.717, 1.165) is 37.2 Å². The Morgan fingerprint density at radius 1 is 1.15 bits per heavy atom. The van der Waals surface area contributed by atoms with E-state index < -0.39 is 0 Å². The van der Waals surface area contributed by atoms with Crippen LogP contribution in [0, 0.1) is 0 Å². The van der Waals surface area contributed by atoms with Crippen LogP contribution in [0.15, 0.2) is 30.5 Å². The van der Waals surface area contributed by atoms with E-state index in [1.165, 1.54) is 0 Å². The van der Waals surface area contributed by atoms with Gasteiger partial charge in [0.15, 0.2) is 0 Å². The summed E-state index contributed by atoms with van der Waals surface area (Å²) in [6.07, 6.45) is 3.60. The lowest BCUT2D eigenvalue weighted by atomic mass is 10.1. The van der Waals surface area contributed by atoms with Crippen molar-refractivity contribution in [2.75, 3.05) is 18.0 Å². The third-order valence-electron chi connectivity index (χ3n) is 3.51. The minimum Gasteiger partial charge on any atom is -0.339 e. The number of piperidine rings is 1. The second-order valence-corrected chi connectivity index (χ2v) is 5.41. The summed E-state index contributed by atoms with van der Waals surface area (Å²) in [6.45, 7) is 1.76. The molecule has 2 N–H and O–H groups in total. The number of aromatic nitrogens is 3. The average molecular weight is 290 g/mol. The fraction of sp³-hybridized carbons (Fsp3) is 0.357. The Morgan fingerprint density at radius 2 is 1.85 bits per heavy atom. The van der Waals surface area contributed by atoms with Crippen molar-refractivity contribution in [1.82, 2.24) is 15.2 Å². The Bertz CT molecular complexity index is 578. The number of hydrogen-bond acceptors (Lipinski definition) is 5. The van der Waals surface area contributed by atoms with Crippen LogP contribution in [0.1, 0.15) is 12.8 Å². The van der Waals surface area contributed by atoms with E-state index in [9.17, 15) is 0 Å². The molecule has 1 aliphatic rings. The molecule has 2 aromatic rings. The van der Waals surface area contributed by atoms with Crippen LogP contribution in [0.25, 0.3) is 11.3 Å². The van der Waals surface area contributed by atoms with Crippen molar-refractivity contribution in [3.8, 4) is 11.3 Å². The van der Waals surface area contributed by atoms with Gasteiger partial charge in [-0.05, 0) is 25.0 Å². The van der Waals surface area contributed by atoms with Crippen molar-refractivity contribution in [2.24, 2.45) is 5.73 Å². The molecule has 1 aliphatic heterocycles. The number of hydrogen-bond donors (Lipinski definition) is 1. The van der Waals surface area contributed by atoms with Gasteiger partial charge in [0.2, 0.25) is 5.95 Å². The molecule has 20 heavy (non-hydrogen) atoms. The predicted molar refractivity (Wildman–Crippen MR) is 79.7 cm³/mol.